The number of para-hydroxylation sites is 1. The van der Waals surface area contributed by atoms with Crippen molar-refractivity contribution in [1.29, 1.82) is 0 Å². The van der Waals surface area contributed by atoms with E-state index in [0.29, 0.717) is 28.3 Å². The molecule has 4 aromatic rings. The quantitative estimate of drug-likeness (QED) is 0.467. The van der Waals surface area contributed by atoms with E-state index >= 15 is 0 Å². The van der Waals surface area contributed by atoms with E-state index in [1.54, 1.807) is 37.6 Å². The van der Waals surface area contributed by atoms with E-state index in [1.165, 1.54) is 18.2 Å². The van der Waals surface area contributed by atoms with Gasteiger partial charge in [-0.25, -0.2) is 14.4 Å². The summed E-state index contributed by atoms with van der Waals surface area (Å²) in [5, 5.41) is 10.7. The summed E-state index contributed by atoms with van der Waals surface area (Å²) < 4.78 is 24.2. The van der Waals surface area contributed by atoms with Crippen molar-refractivity contribution in [1.82, 2.24) is 9.97 Å². The van der Waals surface area contributed by atoms with Crippen LogP contribution in [0.1, 0.15) is 5.56 Å². The Bertz CT molecular complexity index is 1210. The molecule has 0 fully saturated rings. The van der Waals surface area contributed by atoms with E-state index in [0.717, 1.165) is 11.1 Å². The van der Waals surface area contributed by atoms with Crippen LogP contribution in [0.5, 0.6) is 17.2 Å². The number of rotatable bonds is 6. The zero-order chi connectivity index (χ0) is 21.8. The van der Waals surface area contributed by atoms with Crippen molar-refractivity contribution in [2.75, 3.05) is 12.8 Å². The first-order chi connectivity index (χ1) is 15.0. The maximum absolute atomic E-state index is 13.0. The largest absolute Gasteiger partial charge is 0.507 e. The highest BCUT2D eigenvalue weighted by Crippen LogP contribution is 2.40. The van der Waals surface area contributed by atoms with Crippen LogP contribution >= 0.6 is 0 Å². The molecule has 0 saturated heterocycles. The molecule has 0 radical (unpaired) electrons. The second-order valence-corrected chi connectivity index (χ2v) is 6.78. The van der Waals surface area contributed by atoms with Crippen molar-refractivity contribution in [3.8, 4) is 39.6 Å². The molecule has 1 aromatic heterocycles. The Labute approximate surface area is 178 Å². The highest BCUT2D eigenvalue weighted by Gasteiger charge is 2.17. The lowest BCUT2D eigenvalue weighted by molar-refractivity contribution is 0.304. The fourth-order valence-electron chi connectivity index (χ4n) is 3.21. The minimum absolute atomic E-state index is 0.0224. The van der Waals surface area contributed by atoms with E-state index in [-0.39, 0.29) is 24.1 Å². The Morgan fingerprint density at radius 1 is 0.968 bits per heavy atom. The normalized spacial score (nSPS) is 10.6. The number of aromatic nitrogens is 2. The van der Waals surface area contributed by atoms with Crippen LogP contribution in [0.25, 0.3) is 22.4 Å². The number of hydrogen-bond acceptors (Lipinski definition) is 6. The smallest absolute Gasteiger partial charge is 0.220 e. The van der Waals surface area contributed by atoms with E-state index in [2.05, 4.69) is 9.97 Å². The lowest BCUT2D eigenvalue weighted by Crippen LogP contribution is -2.00. The van der Waals surface area contributed by atoms with Crippen LogP contribution < -0.4 is 15.2 Å². The van der Waals surface area contributed by atoms with Crippen LogP contribution in [0.2, 0.25) is 0 Å². The van der Waals surface area contributed by atoms with Crippen molar-refractivity contribution in [3.63, 3.8) is 0 Å². The van der Waals surface area contributed by atoms with Gasteiger partial charge in [-0.3, -0.25) is 0 Å². The number of phenols is 1. The summed E-state index contributed by atoms with van der Waals surface area (Å²) in [6.07, 6.45) is 1.61. The van der Waals surface area contributed by atoms with Crippen molar-refractivity contribution in [3.05, 3.63) is 84.3 Å². The highest BCUT2D eigenvalue weighted by atomic mass is 19.1. The average molecular weight is 417 g/mol. The van der Waals surface area contributed by atoms with Gasteiger partial charge >= 0.3 is 0 Å². The summed E-state index contributed by atoms with van der Waals surface area (Å²) in [5.41, 5.74) is 9.03. The standard InChI is InChI=1S/C24H20FN3O3/c1-30-22-5-3-2-4-18(22)20-13-27-24(26)28-23(20)19-11-10-17(12-21(19)29)31-14-15-6-8-16(25)9-7-15/h2-13,29H,14H2,1H3,(H2,26,27,28). The topological polar surface area (TPSA) is 90.5 Å². The first-order valence-electron chi connectivity index (χ1n) is 9.51. The van der Waals surface area contributed by atoms with Crippen molar-refractivity contribution in [2.45, 2.75) is 6.61 Å². The molecule has 0 aliphatic heterocycles. The molecular formula is C24H20FN3O3. The molecular weight excluding hydrogens is 397 g/mol. The molecule has 0 bridgehead atoms. The molecule has 4 rings (SSSR count). The monoisotopic (exact) mass is 417 g/mol. The number of nitrogen functional groups attached to an aromatic ring is 1. The number of methoxy groups -OCH3 is 1. The SMILES string of the molecule is COc1ccccc1-c1cnc(N)nc1-c1ccc(OCc2ccc(F)cc2)cc1O. The molecule has 0 spiro atoms. The van der Waals surface area contributed by atoms with Gasteiger partial charge in [0.15, 0.2) is 0 Å². The maximum Gasteiger partial charge on any atom is 0.220 e. The number of ether oxygens (including phenoxy) is 2. The van der Waals surface area contributed by atoms with E-state index < -0.39 is 0 Å². The van der Waals surface area contributed by atoms with Gasteiger partial charge in [0.1, 0.15) is 29.7 Å². The minimum Gasteiger partial charge on any atom is -0.507 e. The summed E-state index contributed by atoms with van der Waals surface area (Å²) in [6.45, 7) is 0.242. The van der Waals surface area contributed by atoms with Crippen LogP contribution in [-0.4, -0.2) is 22.2 Å². The van der Waals surface area contributed by atoms with E-state index in [4.69, 9.17) is 15.2 Å². The van der Waals surface area contributed by atoms with Crippen LogP contribution in [0.3, 0.4) is 0 Å². The molecule has 0 aliphatic rings. The number of halogens is 1. The lowest BCUT2D eigenvalue weighted by Gasteiger charge is -2.14. The van der Waals surface area contributed by atoms with Gasteiger partial charge in [-0.05, 0) is 35.9 Å². The number of hydrogen-bond donors (Lipinski definition) is 2. The molecule has 0 saturated carbocycles. The Balaban J connectivity index is 1.67. The summed E-state index contributed by atoms with van der Waals surface area (Å²) >= 11 is 0. The third kappa shape index (κ3) is 4.40. The number of anilines is 1. The predicted molar refractivity (Wildman–Crippen MR) is 116 cm³/mol. The molecule has 0 atom stereocenters. The average Bonchev–Trinajstić information content (AvgIpc) is 2.79. The second kappa shape index (κ2) is 8.71. The molecule has 0 aliphatic carbocycles. The van der Waals surface area contributed by atoms with E-state index in [1.807, 2.05) is 24.3 Å². The first kappa shape index (κ1) is 20.2. The summed E-state index contributed by atoms with van der Waals surface area (Å²) in [5.74, 6) is 0.874. The molecule has 3 aromatic carbocycles. The van der Waals surface area contributed by atoms with Gasteiger partial charge in [0.25, 0.3) is 0 Å². The molecule has 31 heavy (non-hydrogen) atoms. The summed E-state index contributed by atoms with van der Waals surface area (Å²) in [4.78, 5) is 8.47. The third-order valence-corrected chi connectivity index (χ3v) is 4.75. The predicted octanol–water partition coefficient (Wildman–Crippen LogP) is 4.83. The fourth-order valence-corrected chi connectivity index (χ4v) is 3.21. The Hall–Kier alpha value is -4.13. The first-order valence-corrected chi connectivity index (χ1v) is 9.51. The van der Waals surface area contributed by atoms with Crippen LogP contribution in [0.15, 0.2) is 72.9 Å². The number of nitrogens with two attached hydrogens (primary N) is 1. The molecule has 3 N–H and O–H groups in total. The van der Waals surface area contributed by atoms with Crippen LogP contribution in [0, 0.1) is 5.82 Å². The van der Waals surface area contributed by atoms with Gasteiger partial charge in [0.2, 0.25) is 5.95 Å². The molecule has 0 unspecified atom stereocenters. The summed E-state index contributed by atoms with van der Waals surface area (Å²) in [6, 6.07) is 18.4. The summed E-state index contributed by atoms with van der Waals surface area (Å²) in [7, 11) is 1.58. The third-order valence-electron chi connectivity index (χ3n) is 4.75. The van der Waals surface area contributed by atoms with Crippen molar-refractivity contribution < 1.29 is 19.0 Å². The second-order valence-electron chi connectivity index (χ2n) is 6.78. The van der Waals surface area contributed by atoms with Gasteiger partial charge in [-0.2, -0.15) is 0 Å². The number of phenolic OH excluding ortho intramolecular Hbond substituents is 1. The Morgan fingerprint density at radius 3 is 2.48 bits per heavy atom. The maximum atomic E-state index is 13.0. The van der Waals surface area contributed by atoms with Crippen molar-refractivity contribution in [2.24, 2.45) is 0 Å². The zero-order valence-electron chi connectivity index (χ0n) is 16.7. The Morgan fingerprint density at radius 2 is 1.74 bits per heavy atom. The van der Waals surface area contributed by atoms with Crippen LogP contribution in [-0.2, 0) is 6.61 Å². The number of benzene rings is 3. The van der Waals surface area contributed by atoms with Gasteiger partial charge in [0.05, 0.1) is 12.8 Å². The zero-order valence-corrected chi connectivity index (χ0v) is 16.7. The van der Waals surface area contributed by atoms with Crippen molar-refractivity contribution >= 4 is 5.95 Å². The minimum atomic E-state index is -0.305. The molecule has 6 nitrogen and oxygen atoms in total. The lowest BCUT2D eigenvalue weighted by atomic mass is 9.99. The molecule has 7 heteroatoms. The highest BCUT2D eigenvalue weighted by molar-refractivity contribution is 5.86. The van der Waals surface area contributed by atoms with Gasteiger partial charge in [0, 0.05) is 29.0 Å². The molecule has 156 valence electrons. The van der Waals surface area contributed by atoms with Crippen LogP contribution in [0.4, 0.5) is 10.3 Å². The number of aromatic hydroxyl groups is 1. The molecule has 1 heterocycles. The van der Waals surface area contributed by atoms with Gasteiger partial charge in [-0.15, -0.1) is 0 Å². The Kier molecular flexibility index (Phi) is 5.66. The van der Waals surface area contributed by atoms with E-state index in [9.17, 15) is 9.50 Å². The fraction of sp³-hybridized carbons (Fsp3) is 0.0833. The number of nitrogens with zero attached hydrogens (tertiary/aromatic N) is 2. The van der Waals surface area contributed by atoms with Gasteiger partial charge in [-0.1, -0.05) is 30.3 Å². The van der Waals surface area contributed by atoms with Gasteiger partial charge < -0.3 is 20.3 Å². The molecule has 0 amide bonds.